The first-order valence-corrected chi connectivity index (χ1v) is 7.34. The largest absolute Gasteiger partial charge is 0.382 e. The molecule has 0 spiro atoms. The quantitative estimate of drug-likeness (QED) is 0.545. The Morgan fingerprint density at radius 3 is 2.80 bits per heavy atom. The first-order chi connectivity index (χ1) is 9.47. The molecule has 4 N–H and O–H groups in total. The summed E-state index contributed by atoms with van der Waals surface area (Å²) in [6, 6.07) is 3.61. The van der Waals surface area contributed by atoms with Gasteiger partial charge in [-0.2, -0.15) is 5.10 Å². The number of nitrogens with zero attached hydrogens (tertiary/aromatic N) is 3. The minimum absolute atomic E-state index is 0.196. The van der Waals surface area contributed by atoms with E-state index in [1.807, 2.05) is 6.07 Å². The number of ether oxygens (including phenoxy) is 1. The SMILES string of the molecule is CF.Nc1ncnn2c(CCOCP(=O)(O)O)ccc12. The summed E-state index contributed by atoms with van der Waals surface area (Å²) in [6.45, 7) is 0.196. The maximum Gasteiger partial charge on any atom is 0.350 e. The number of rotatable bonds is 5. The topological polar surface area (TPSA) is 123 Å². The van der Waals surface area contributed by atoms with Crippen LogP contribution in [0.25, 0.3) is 5.52 Å². The van der Waals surface area contributed by atoms with Crippen LogP contribution in [0.5, 0.6) is 0 Å². The summed E-state index contributed by atoms with van der Waals surface area (Å²) < 4.78 is 26.6. The molecule has 0 aliphatic carbocycles. The van der Waals surface area contributed by atoms with Crippen LogP contribution in [-0.2, 0) is 15.7 Å². The third kappa shape index (κ3) is 4.53. The normalized spacial score (nSPS) is 11.2. The average molecular weight is 306 g/mol. The van der Waals surface area contributed by atoms with Gasteiger partial charge in [0.1, 0.15) is 18.2 Å². The number of nitrogens with two attached hydrogens (primary N) is 1. The number of halogens is 1. The summed E-state index contributed by atoms with van der Waals surface area (Å²) in [5.41, 5.74) is 7.21. The zero-order valence-electron chi connectivity index (χ0n) is 10.8. The lowest BCUT2D eigenvalue weighted by molar-refractivity contribution is 0.159. The van der Waals surface area contributed by atoms with Gasteiger partial charge < -0.3 is 20.3 Å². The van der Waals surface area contributed by atoms with Crippen LogP contribution in [0.4, 0.5) is 10.2 Å². The highest BCUT2D eigenvalue weighted by Gasteiger charge is 2.12. The average Bonchev–Trinajstić information content (AvgIpc) is 2.81. The molecule has 2 aromatic rings. The second-order valence-electron chi connectivity index (χ2n) is 3.72. The van der Waals surface area contributed by atoms with Crippen LogP contribution in [-0.4, -0.2) is 44.5 Å². The predicted molar refractivity (Wildman–Crippen MR) is 71.0 cm³/mol. The van der Waals surface area contributed by atoms with Crippen molar-refractivity contribution < 1.29 is 23.5 Å². The predicted octanol–water partition coefficient (Wildman–Crippen LogP) is 0.591. The van der Waals surface area contributed by atoms with Crippen molar-refractivity contribution in [3.8, 4) is 0 Å². The third-order valence-corrected chi connectivity index (χ3v) is 2.84. The van der Waals surface area contributed by atoms with Crippen molar-refractivity contribution in [1.82, 2.24) is 14.6 Å². The number of anilines is 1. The van der Waals surface area contributed by atoms with Crippen LogP contribution in [0.15, 0.2) is 18.5 Å². The van der Waals surface area contributed by atoms with Crippen LogP contribution < -0.4 is 5.73 Å². The highest BCUT2D eigenvalue weighted by molar-refractivity contribution is 7.51. The molecule has 2 aromatic heterocycles. The zero-order chi connectivity index (χ0) is 15.2. The van der Waals surface area contributed by atoms with Gasteiger partial charge in [0.15, 0.2) is 5.82 Å². The molecule has 2 rings (SSSR count). The minimum Gasteiger partial charge on any atom is -0.382 e. The van der Waals surface area contributed by atoms with E-state index in [9.17, 15) is 8.96 Å². The van der Waals surface area contributed by atoms with Crippen molar-refractivity contribution in [2.45, 2.75) is 6.42 Å². The molecular formula is C10H16FN4O4P. The van der Waals surface area contributed by atoms with Crippen molar-refractivity contribution in [3.63, 3.8) is 0 Å². The van der Waals surface area contributed by atoms with Gasteiger partial charge in [-0.05, 0) is 12.1 Å². The van der Waals surface area contributed by atoms with Gasteiger partial charge in [0.05, 0.1) is 13.8 Å². The minimum atomic E-state index is -4.10. The van der Waals surface area contributed by atoms with Crippen molar-refractivity contribution in [1.29, 1.82) is 0 Å². The number of hydrogen-bond acceptors (Lipinski definition) is 5. The molecular weight excluding hydrogens is 290 g/mol. The fraction of sp³-hybridized carbons (Fsp3) is 0.400. The molecule has 0 fully saturated rings. The Hall–Kier alpha value is -1.54. The van der Waals surface area contributed by atoms with Crippen LogP contribution in [0.2, 0.25) is 0 Å². The number of alkyl halides is 1. The number of fused-ring (bicyclic) bond motifs is 1. The van der Waals surface area contributed by atoms with E-state index in [1.54, 1.807) is 10.6 Å². The Balaban J connectivity index is 0.000000956. The van der Waals surface area contributed by atoms with E-state index in [0.29, 0.717) is 24.9 Å². The first kappa shape index (κ1) is 16.5. The van der Waals surface area contributed by atoms with Crippen LogP contribution >= 0.6 is 7.60 Å². The number of nitrogen functional groups attached to an aromatic ring is 1. The molecule has 10 heteroatoms. The highest BCUT2D eigenvalue weighted by Crippen LogP contribution is 2.33. The molecule has 20 heavy (non-hydrogen) atoms. The summed E-state index contributed by atoms with van der Waals surface area (Å²) in [7, 11) is -3.60. The number of hydrogen-bond donors (Lipinski definition) is 3. The van der Waals surface area contributed by atoms with Crippen molar-refractivity contribution >= 4 is 18.9 Å². The van der Waals surface area contributed by atoms with Gasteiger partial charge in [0.2, 0.25) is 0 Å². The van der Waals surface area contributed by atoms with E-state index in [-0.39, 0.29) is 6.61 Å². The standard InChI is InChI=1S/C9H13N4O4P.CH3F/c10-9-8-2-1-7(13(8)12-5-11-9)3-4-17-6-18(14,15)16;1-2/h1-2,5H,3-4,6H2,(H2,10,11,12)(H2,14,15,16);1H3. The van der Waals surface area contributed by atoms with E-state index in [4.69, 9.17) is 20.3 Å². The van der Waals surface area contributed by atoms with Crippen LogP contribution in [0, 0.1) is 0 Å². The summed E-state index contributed by atoms with van der Waals surface area (Å²) in [4.78, 5) is 21.1. The molecule has 0 saturated heterocycles. The lowest BCUT2D eigenvalue weighted by Crippen LogP contribution is -2.06. The molecule has 0 amide bonds. The molecule has 112 valence electrons. The smallest absolute Gasteiger partial charge is 0.350 e. The third-order valence-electron chi connectivity index (χ3n) is 2.32. The van der Waals surface area contributed by atoms with E-state index in [1.165, 1.54) is 6.33 Å². The molecule has 0 atom stereocenters. The molecule has 0 aliphatic rings. The van der Waals surface area contributed by atoms with Crippen LogP contribution in [0.1, 0.15) is 5.69 Å². The van der Waals surface area contributed by atoms with Crippen molar-refractivity contribution in [2.24, 2.45) is 0 Å². The fourth-order valence-electron chi connectivity index (χ4n) is 1.56. The summed E-state index contributed by atoms with van der Waals surface area (Å²) in [5.74, 6) is 0.382. The zero-order valence-corrected chi connectivity index (χ0v) is 11.7. The number of aromatic nitrogens is 3. The summed E-state index contributed by atoms with van der Waals surface area (Å²) in [6.07, 6.45) is 1.25. The molecule has 2 heterocycles. The maximum atomic E-state index is 10.6. The van der Waals surface area contributed by atoms with Gasteiger partial charge in [-0.1, -0.05) is 0 Å². The Morgan fingerprint density at radius 2 is 2.15 bits per heavy atom. The lowest BCUT2D eigenvalue weighted by atomic mass is 10.3. The second-order valence-corrected chi connectivity index (χ2v) is 5.31. The highest BCUT2D eigenvalue weighted by atomic mass is 31.2. The van der Waals surface area contributed by atoms with Gasteiger partial charge in [-0.15, -0.1) is 0 Å². The van der Waals surface area contributed by atoms with Gasteiger partial charge in [-0.3, -0.25) is 8.96 Å². The van der Waals surface area contributed by atoms with Crippen molar-refractivity contribution in [3.05, 3.63) is 24.2 Å². The van der Waals surface area contributed by atoms with Gasteiger partial charge in [0, 0.05) is 12.1 Å². The van der Waals surface area contributed by atoms with Gasteiger partial charge in [-0.25, -0.2) is 9.50 Å². The molecule has 0 aliphatic heterocycles. The van der Waals surface area contributed by atoms with E-state index in [0.717, 1.165) is 5.69 Å². The van der Waals surface area contributed by atoms with Gasteiger partial charge in [0.25, 0.3) is 0 Å². The Morgan fingerprint density at radius 1 is 1.45 bits per heavy atom. The Bertz CT molecular complexity index is 600. The van der Waals surface area contributed by atoms with Crippen molar-refractivity contribution in [2.75, 3.05) is 25.9 Å². The molecule has 0 aromatic carbocycles. The Kier molecular flexibility index (Phi) is 6.03. The molecule has 0 radical (unpaired) electrons. The Labute approximate surface area is 114 Å². The first-order valence-electron chi connectivity index (χ1n) is 5.54. The fourth-order valence-corrected chi connectivity index (χ4v) is 1.92. The van der Waals surface area contributed by atoms with E-state index < -0.39 is 13.9 Å². The molecule has 0 saturated carbocycles. The molecule has 0 bridgehead atoms. The van der Waals surface area contributed by atoms with E-state index >= 15 is 0 Å². The molecule has 0 unspecified atom stereocenters. The second kappa shape index (κ2) is 7.30. The van der Waals surface area contributed by atoms with Gasteiger partial charge >= 0.3 is 7.60 Å². The van der Waals surface area contributed by atoms with E-state index in [2.05, 4.69) is 10.1 Å². The molecule has 8 nitrogen and oxygen atoms in total. The van der Waals surface area contributed by atoms with Crippen LogP contribution in [0.3, 0.4) is 0 Å². The lowest BCUT2D eigenvalue weighted by Gasteiger charge is -2.05. The summed E-state index contributed by atoms with van der Waals surface area (Å²) >= 11 is 0. The summed E-state index contributed by atoms with van der Waals surface area (Å²) in [5, 5.41) is 4.05. The maximum absolute atomic E-state index is 10.6. The monoisotopic (exact) mass is 306 g/mol.